The van der Waals surface area contributed by atoms with Crippen molar-refractivity contribution in [2.45, 2.75) is 25.7 Å². The van der Waals surface area contributed by atoms with E-state index >= 15 is 0 Å². The molecule has 0 amide bonds. The molecule has 0 aromatic heterocycles. The van der Waals surface area contributed by atoms with Gasteiger partial charge in [0.25, 0.3) is 0 Å². The Labute approximate surface area is 113 Å². The van der Waals surface area contributed by atoms with Gasteiger partial charge in [0.2, 0.25) is 10.0 Å². The summed E-state index contributed by atoms with van der Waals surface area (Å²) >= 11 is 0. The number of sulfonamides is 1. The average Bonchev–Trinajstić information content (AvgIpc) is 2.86. The maximum atomic E-state index is 12.2. The van der Waals surface area contributed by atoms with Crippen molar-refractivity contribution >= 4 is 16.0 Å². The molecule has 1 saturated heterocycles. The van der Waals surface area contributed by atoms with E-state index in [1.54, 1.807) is 0 Å². The number of hydrogen-bond donors (Lipinski definition) is 1. The Hall–Kier alpha value is -0.660. The van der Waals surface area contributed by atoms with Gasteiger partial charge < -0.3 is 9.84 Å². The maximum absolute atomic E-state index is 12.2. The lowest BCUT2D eigenvalue weighted by Gasteiger charge is -2.23. The van der Waals surface area contributed by atoms with Crippen LogP contribution >= 0.6 is 0 Å². The third-order valence-corrected chi connectivity index (χ3v) is 6.28. The second-order valence-corrected chi connectivity index (χ2v) is 7.59. The van der Waals surface area contributed by atoms with Crippen LogP contribution in [0.5, 0.6) is 0 Å². The van der Waals surface area contributed by atoms with Crippen LogP contribution in [0.15, 0.2) is 0 Å². The van der Waals surface area contributed by atoms with Gasteiger partial charge in [0, 0.05) is 26.8 Å². The van der Waals surface area contributed by atoms with Gasteiger partial charge in [0.05, 0.1) is 11.2 Å². The topological polar surface area (TPSA) is 83.9 Å². The quantitative estimate of drug-likeness (QED) is 0.722. The molecule has 7 heteroatoms. The Balaban J connectivity index is 2.07. The lowest BCUT2D eigenvalue weighted by Crippen LogP contribution is -2.38. The summed E-state index contributed by atoms with van der Waals surface area (Å²) in [5, 5.41) is 9.43. The van der Waals surface area contributed by atoms with Crippen LogP contribution in [0, 0.1) is 11.3 Å². The van der Waals surface area contributed by atoms with Crippen molar-refractivity contribution in [2.75, 3.05) is 32.6 Å². The van der Waals surface area contributed by atoms with E-state index in [2.05, 4.69) is 0 Å². The first-order valence-corrected chi connectivity index (χ1v) is 8.23. The van der Waals surface area contributed by atoms with E-state index in [1.165, 1.54) is 11.4 Å². The third kappa shape index (κ3) is 2.64. The number of carboxylic acid groups (broad SMARTS) is 1. The predicted octanol–water partition coefficient (Wildman–Crippen LogP) is 0.539. The Morgan fingerprint density at radius 1 is 1.53 bits per heavy atom. The van der Waals surface area contributed by atoms with Gasteiger partial charge in [-0.05, 0) is 25.2 Å². The van der Waals surface area contributed by atoms with Crippen molar-refractivity contribution in [2.24, 2.45) is 11.3 Å². The molecular formula is C12H21NO5S. The van der Waals surface area contributed by atoms with E-state index in [-0.39, 0.29) is 18.2 Å². The highest BCUT2D eigenvalue weighted by atomic mass is 32.2. The zero-order chi connectivity index (χ0) is 14.1. The normalized spacial score (nSPS) is 31.5. The molecule has 1 N–H and O–H groups in total. The Kier molecular flexibility index (Phi) is 4.17. The first-order valence-electron chi connectivity index (χ1n) is 6.62. The third-order valence-electron chi connectivity index (χ3n) is 4.41. The fourth-order valence-electron chi connectivity index (χ4n) is 3.32. The lowest BCUT2D eigenvalue weighted by molar-refractivity contribution is -0.149. The van der Waals surface area contributed by atoms with E-state index < -0.39 is 21.4 Å². The molecule has 2 aliphatic rings. The highest BCUT2D eigenvalue weighted by molar-refractivity contribution is 7.89. The molecule has 0 aromatic carbocycles. The van der Waals surface area contributed by atoms with Crippen molar-refractivity contribution < 1.29 is 23.1 Å². The number of rotatable bonds is 6. The van der Waals surface area contributed by atoms with Crippen LogP contribution in [0.3, 0.4) is 0 Å². The number of carbonyl (C=O) groups is 1. The van der Waals surface area contributed by atoms with Gasteiger partial charge in [-0.3, -0.25) is 4.79 Å². The van der Waals surface area contributed by atoms with Gasteiger partial charge in [0.1, 0.15) is 0 Å². The number of carboxylic acids is 1. The Morgan fingerprint density at radius 3 is 2.84 bits per heavy atom. The van der Waals surface area contributed by atoms with Crippen molar-refractivity contribution in [1.82, 2.24) is 4.31 Å². The second-order valence-electron chi connectivity index (χ2n) is 5.51. The summed E-state index contributed by atoms with van der Waals surface area (Å²) in [6.45, 7) is 0.907. The van der Waals surface area contributed by atoms with Crippen LogP contribution < -0.4 is 0 Å². The van der Waals surface area contributed by atoms with Gasteiger partial charge in [-0.1, -0.05) is 6.42 Å². The monoisotopic (exact) mass is 291 g/mol. The van der Waals surface area contributed by atoms with Crippen molar-refractivity contribution in [3.8, 4) is 0 Å². The number of hydrogen-bond acceptors (Lipinski definition) is 4. The number of ether oxygens (including phenoxy) is 1. The summed E-state index contributed by atoms with van der Waals surface area (Å²) < 4.78 is 30.6. The number of fused-ring (bicyclic) bond motifs is 1. The Bertz CT molecular complexity index is 449. The molecule has 2 atom stereocenters. The molecule has 0 radical (unpaired) electrons. The standard InChI is InChI=1S/C12H21NO5S/c1-18-6-3-7-19(16,17)13-8-10-4-2-5-12(10,9-13)11(14)15/h10H,2-9H2,1H3,(H,14,15)/t10-,12+/m0/s1. The van der Waals surface area contributed by atoms with E-state index in [4.69, 9.17) is 4.74 Å². The summed E-state index contributed by atoms with van der Waals surface area (Å²) in [7, 11) is -1.82. The first kappa shape index (κ1) is 14.7. The van der Waals surface area contributed by atoms with Gasteiger partial charge in [0.15, 0.2) is 0 Å². The number of nitrogens with zero attached hydrogens (tertiary/aromatic N) is 1. The Morgan fingerprint density at radius 2 is 2.26 bits per heavy atom. The lowest BCUT2D eigenvalue weighted by atomic mass is 9.81. The van der Waals surface area contributed by atoms with Crippen molar-refractivity contribution in [1.29, 1.82) is 0 Å². The summed E-state index contributed by atoms with van der Waals surface area (Å²) in [4.78, 5) is 11.5. The number of aliphatic carboxylic acids is 1. The zero-order valence-corrected chi connectivity index (χ0v) is 12.0. The van der Waals surface area contributed by atoms with Crippen molar-refractivity contribution in [3.63, 3.8) is 0 Å². The summed E-state index contributed by atoms with van der Waals surface area (Å²) in [6, 6.07) is 0. The van der Waals surface area contributed by atoms with Gasteiger partial charge in [-0.15, -0.1) is 0 Å². The molecule has 2 fully saturated rings. The predicted molar refractivity (Wildman–Crippen MR) is 69.3 cm³/mol. The molecule has 6 nitrogen and oxygen atoms in total. The molecular weight excluding hydrogens is 270 g/mol. The smallest absolute Gasteiger partial charge is 0.311 e. The fourth-order valence-corrected chi connectivity index (χ4v) is 4.89. The van der Waals surface area contributed by atoms with Crippen LogP contribution in [0.2, 0.25) is 0 Å². The second kappa shape index (κ2) is 5.38. The maximum Gasteiger partial charge on any atom is 0.311 e. The SMILES string of the molecule is COCCCS(=O)(=O)N1C[C@@H]2CCC[C@@]2(C(=O)O)C1. The fraction of sp³-hybridized carbons (Fsp3) is 0.917. The summed E-state index contributed by atoms with van der Waals surface area (Å²) in [5.41, 5.74) is -0.839. The van der Waals surface area contributed by atoms with E-state index in [0.717, 1.165) is 12.8 Å². The minimum absolute atomic E-state index is 0.0257. The van der Waals surface area contributed by atoms with E-state index in [0.29, 0.717) is 26.0 Å². The van der Waals surface area contributed by atoms with Crippen LogP contribution in [0.25, 0.3) is 0 Å². The summed E-state index contributed by atoms with van der Waals surface area (Å²) in [5.74, 6) is -0.838. The van der Waals surface area contributed by atoms with Crippen LogP contribution in [-0.2, 0) is 19.6 Å². The molecule has 1 aliphatic carbocycles. The average molecular weight is 291 g/mol. The van der Waals surface area contributed by atoms with Crippen LogP contribution in [0.4, 0.5) is 0 Å². The minimum Gasteiger partial charge on any atom is -0.481 e. The van der Waals surface area contributed by atoms with Gasteiger partial charge in [-0.2, -0.15) is 0 Å². The van der Waals surface area contributed by atoms with E-state index in [1.807, 2.05) is 0 Å². The highest BCUT2D eigenvalue weighted by Crippen LogP contribution is 2.49. The first-order chi connectivity index (χ1) is 8.92. The molecule has 19 heavy (non-hydrogen) atoms. The minimum atomic E-state index is -3.36. The largest absolute Gasteiger partial charge is 0.481 e. The highest BCUT2D eigenvalue weighted by Gasteiger charge is 2.56. The van der Waals surface area contributed by atoms with Gasteiger partial charge >= 0.3 is 5.97 Å². The number of methoxy groups -OCH3 is 1. The molecule has 0 bridgehead atoms. The molecule has 0 aromatic rings. The molecule has 0 spiro atoms. The van der Waals surface area contributed by atoms with Crippen LogP contribution in [0.1, 0.15) is 25.7 Å². The molecule has 1 saturated carbocycles. The van der Waals surface area contributed by atoms with E-state index in [9.17, 15) is 18.3 Å². The van der Waals surface area contributed by atoms with Crippen LogP contribution in [-0.4, -0.2) is 56.4 Å². The molecule has 2 rings (SSSR count). The zero-order valence-electron chi connectivity index (χ0n) is 11.2. The van der Waals surface area contributed by atoms with Gasteiger partial charge in [-0.25, -0.2) is 12.7 Å². The molecule has 1 aliphatic heterocycles. The van der Waals surface area contributed by atoms with Crippen molar-refractivity contribution in [3.05, 3.63) is 0 Å². The molecule has 110 valence electrons. The summed E-state index contributed by atoms with van der Waals surface area (Å²) in [6.07, 6.45) is 2.74. The molecule has 0 unspecified atom stereocenters. The molecule has 1 heterocycles.